The summed E-state index contributed by atoms with van der Waals surface area (Å²) in [5, 5.41) is 0.0938. The highest BCUT2D eigenvalue weighted by atomic mass is 28.4. The van der Waals surface area contributed by atoms with Crippen LogP contribution in [0.25, 0.3) is 0 Å². The van der Waals surface area contributed by atoms with Crippen LogP contribution in [0.15, 0.2) is 0 Å². The Labute approximate surface area is 128 Å². The summed E-state index contributed by atoms with van der Waals surface area (Å²) in [6, 6.07) is 0. The standard InChI is InChI=1S/C15H28O5Si/c1-14(2,3)21(6,7)17-9-10(16)11-8-12-13(18-11)20-15(4,5)19-12/h11-13H,8-9H2,1-7H3/t11-,12+,13+/m0/s1. The molecule has 2 aliphatic heterocycles. The van der Waals surface area contributed by atoms with Crippen molar-refractivity contribution in [3.63, 3.8) is 0 Å². The summed E-state index contributed by atoms with van der Waals surface area (Å²) in [6.45, 7) is 14.6. The van der Waals surface area contributed by atoms with E-state index in [9.17, 15) is 4.79 Å². The fourth-order valence-corrected chi connectivity index (χ4v) is 3.21. The van der Waals surface area contributed by atoms with E-state index in [2.05, 4.69) is 33.9 Å². The second-order valence-electron chi connectivity index (χ2n) is 7.92. The Hall–Kier alpha value is -0.273. The largest absolute Gasteiger partial charge is 0.409 e. The maximum atomic E-state index is 12.3. The average molecular weight is 316 g/mol. The zero-order chi connectivity index (χ0) is 16.1. The molecule has 0 radical (unpaired) electrons. The third-order valence-corrected chi connectivity index (χ3v) is 9.10. The lowest BCUT2D eigenvalue weighted by Crippen LogP contribution is -2.43. The molecule has 2 fully saturated rings. The average Bonchev–Trinajstić information content (AvgIpc) is 2.77. The van der Waals surface area contributed by atoms with Crippen LogP contribution in [0.5, 0.6) is 0 Å². The van der Waals surface area contributed by atoms with Gasteiger partial charge in [0.25, 0.3) is 0 Å². The van der Waals surface area contributed by atoms with Gasteiger partial charge in [-0.1, -0.05) is 20.8 Å². The van der Waals surface area contributed by atoms with Gasteiger partial charge in [-0.15, -0.1) is 0 Å². The molecule has 0 saturated carbocycles. The first-order valence-electron chi connectivity index (χ1n) is 7.59. The zero-order valence-electron chi connectivity index (χ0n) is 14.2. The van der Waals surface area contributed by atoms with Gasteiger partial charge in [-0.05, 0) is 32.0 Å². The highest BCUT2D eigenvalue weighted by molar-refractivity contribution is 6.74. The lowest BCUT2D eigenvalue weighted by molar-refractivity contribution is -0.205. The van der Waals surface area contributed by atoms with Crippen LogP contribution >= 0.6 is 0 Å². The molecular weight excluding hydrogens is 288 g/mol. The van der Waals surface area contributed by atoms with Gasteiger partial charge in [0.1, 0.15) is 12.2 Å². The number of rotatable bonds is 4. The molecule has 0 aromatic carbocycles. The minimum absolute atomic E-state index is 0.0146. The number of carbonyl (C=O) groups excluding carboxylic acids is 1. The Balaban J connectivity index is 1.84. The molecule has 0 aromatic rings. The SMILES string of the molecule is CC1(C)O[C@H]2O[C@H](C(=O)CO[Si](C)(C)C(C)(C)C)C[C@H]2O1. The molecule has 21 heavy (non-hydrogen) atoms. The van der Waals surface area contributed by atoms with Gasteiger partial charge in [-0.2, -0.15) is 0 Å². The summed E-state index contributed by atoms with van der Waals surface area (Å²) in [5.74, 6) is -0.639. The van der Waals surface area contributed by atoms with Crippen molar-refractivity contribution in [1.29, 1.82) is 0 Å². The summed E-state index contributed by atoms with van der Waals surface area (Å²) < 4.78 is 23.0. The number of hydrogen-bond acceptors (Lipinski definition) is 5. The first kappa shape index (κ1) is 17.1. The van der Waals surface area contributed by atoms with E-state index in [0.717, 1.165) is 0 Å². The summed E-state index contributed by atoms with van der Waals surface area (Å²) in [7, 11) is -1.91. The quantitative estimate of drug-likeness (QED) is 0.747. The third-order valence-electron chi connectivity index (χ3n) is 4.62. The van der Waals surface area contributed by atoms with Crippen LogP contribution in [-0.4, -0.2) is 45.0 Å². The van der Waals surface area contributed by atoms with E-state index in [1.807, 2.05) is 13.8 Å². The molecule has 0 unspecified atom stereocenters. The molecule has 2 saturated heterocycles. The Bertz CT molecular complexity index is 397. The zero-order valence-corrected chi connectivity index (χ0v) is 15.2. The van der Waals surface area contributed by atoms with E-state index in [0.29, 0.717) is 6.42 Å². The van der Waals surface area contributed by atoms with E-state index < -0.39 is 26.5 Å². The summed E-state index contributed by atoms with van der Waals surface area (Å²) in [4.78, 5) is 12.3. The van der Waals surface area contributed by atoms with Gasteiger partial charge in [0.05, 0.1) is 6.61 Å². The smallest absolute Gasteiger partial charge is 0.192 e. The lowest BCUT2D eigenvalue weighted by atomic mass is 10.1. The highest BCUT2D eigenvalue weighted by Gasteiger charge is 2.50. The van der Waals surface area contributed by atoms with E-state index in [4.69, 9.17) is 18.6 Å². The van der Waals surface area contributed by atoms with Crippen molar-refractivity contribution >= 4 is 14.1 Å². The molecule has 0 N–H and O–H groups in total. The summed E-state index contributed by atoms with van der Waals surface area (Å²) in [6.07, 6.45) is -0.502. The van der Waals surface area contributed by atoms with E-state index in [-0.39, 0.29) is 23.5 Å². The number of fused-ring (bicyclic) bond motifs is 1. The number of Topliss-reactive ketones (excluding diaryl/α,β-unsaturated/α-hetero) is 1. The van der Waals surface area contributed by atoms with Crippen LogP contribution in [0.1, 0.15) is 41.0 Å². The third kappa shape index (κ3) is 3.74. The molecule has 5 nitrogen and oxygen atoms in total. The van der Waals surface area contributed by atoms with Gasteiger partial charge in [-0.25, -0.2) is 0 Å². The molecule has 0 aromatic heterocycles. The fraction of sp³-hybridized carbons (Fsp3) is 0.933. The topological polar surface area (TPSA) is 54.0 Å². The van der Waals surface area contributed by atoms with Crippen molar-refractivity contribution < 1.29 is 23.4 Å². The van der Waals surface area contributed by atoms with Crippen LogP contribution in [0.3, 0.4) is 0 Å². The van der Waals surface area contributed by atoms with Gasteiger partial charge in [-0.3, -0.25) is 4.79 Å². The Kier molecular flexibility index (Phi) is 4.41. The van der Waals surface area contributed by atoms with Gasteiger partial charge in [0.2, 0.25) is 0 Å². The molecule has 0 bridgehead atoms. The van der Waals surface area contributed by atoms with Gasteiger partial charge < -0.3 is 18.6 Å². The van der Waals surface area contributed by atoms with Gasteiger partial charge in [0.15, 0.2) is 26.2 Å². The summed E-state index contributed by atoms with van der Waals surface area (Å²) >= 11 is 0. The first-order valence-corrected chi connectivity index (χ1v) is 10.5. The lowest BCUT2D eigenvalue weighted by Gasteiger charge is -2.36. The molecule has 6 heteroatoms. The maximum Gasteiger partial charge on any atom is 0.192 e. The highest BCUT2D eigenvalue weighted by Crippen LogP contribution is 2.38. The maximum absolute atomic E-state index is 12.3. The Morgan fingerprint density at radius 3 is 2.43 bits per heavy atom. The predicted molar refractivity (Wildman–Crippen MR) is 81.5 cm³/mol. The second-order valence-corrected chi connectivity index (χ2v) is 12.7. The minimum atomic E-state index is -1.91. The number of hydrogen-bond donors (Lipinski definition) is 0. The Morgan fingerprint density at radius 2 is 1.90 bits per heavy atom. The molecule has 2 heterocycles. The predicted octanol–water partition coefficient (Wildman–Crippen LogP) is 2.84. The second kappa shape index (κ2) is 5.42. The summed E-state index contributed by atoms with van der Waals surface area (Å²) in [5.41, 5.74) is 0. The molecule has 2 aliphatic rings. The number of ether oxygens (including phenoxy) is 3. The molecule has 122 valence electrons. The van der Waals surface area contributed by atoms with Crippen molar-refractivity contribution in [2.24, 2.45) is 0 Å². The molecule has 3 atom stereocenters. The van der Waals surface area contributed by atoms with E-state index in [1.54, 1.807) is 0 Å². The molecule has 0 aliphatic carbocycles. The number of ketones is 1. The monoisotopic (exact) mass is 316 g/mol. The van der Waals surface area contributed by atoms with Crippen LogP contribution in [0.4, 0.5) is 0 Å². The molecular formula is C15H28O5Si. The van der Waals surface area contributed by atoms with Crippen LogP contribution < -0.4 is 0 Å². The van der Waals surface area contributed by atoms with E-state index in [1.165, 1.54) is 0 Å². The van der Waals surface area contributed by atoms with E-state index >= 15 is 0 Å². The first-order chi connectivity index (χ1) is 9.41. The van der Waals surface area contributed by atoms with Crippen molar-refractivity contribution in [2.45, 2.75) is 83.5 Å². The van der Waals surface area contributed by atoms with Crippen LogP contribution in [-0.2, 0) is 23.4 Å². The molecule has 2 rings (SSSR count). The normalized spacial score (nSPS) is 32.2. The van der Waals surface area contributed by atoms with Crippen molar-refractivity contribution in [3.05, 3.63) is 0 Å². The van der Waals surface area contributed by atoms with Gasteiger partial charge in [0, 0.05) is 6.42 Å². The van der Waals surface area contributed by atoms with Gasteiger partial charge >= 0.3 is 0 Å². The van der Waals surface area contributed by atoms with Crippen molar-refractivity contribution in [1.82, 2.24) is 0 Å². The van der Waals surface area contributed by atoms with Crippen LogP contribution in [0.2, 0.25) is 18.1 Å². The van der Waals surface area contributed by atoms with Crippen molar-refractivity contribution in [2.75, 3.05) is 6.61 Å². The molecule has 0 amide bonds. The Morgan fingerprint density at radius 1 is 1.29 bits per heavy atom. The number of carbonyl (C=O) groups is 1. The molecule has 0 spiro atoms. The van der Waals surface area contributed by atoms with Crippen molar-refractivity contribution in [3.8, 4) is 0 Å². The minimum Gasteiger partial charge on any atom is -0.409 e. The fourth-order valence-electron chi connectivity index (χ4n) is 2.27. The van der Waals surface area contributed by atoms with Crippen LogP contribution in [0, 0.1) is 0 Å².